The van der Waals surface area contributed by atoms with Gasteiger partial charge in [0.15, 0.2) is 0 Å². The van der Waals surface area contributed by atoms with Gasteiger partial charge in [0.2, 0.25) is 5.88 Å². The Morgan fingerprint density at radius 3 is 2.70 bits per heavy atom. The fourth-order valence-corrected chi connectivity index (χ4v) is 2.21. The van der Waals surface area contributed by atoms with Gasteiger partial charge in [-0.25, -0.2) is 4.98 Å². The van der Waals surface area contributed by atoms with Crippen molar-refractivity contribution in [2.75, 3.05) is 13.7 Å². The molecule has 0 aliphatic rings. The van der Waals surface area contributed by atoms with Crippen molar-refractivity contribution >= 4 is 11.6 Å². The van der Waals surface area contributed by atoms with Gasteiger partial charge in [0.05, 0.1) is 6.61 Å². The molecule has 1 heterocycles. The number of rotatable bonds is 7. The zero-order valence-electron chi connectivity index (χ0n) is 11.6. The van der Waals surface area contributed by atoms with E-state index < -0.39 is 0 Å². The standard InChI is InChI=1S/C16H19ClN2O/c1-18-11-14-10-15(17)16(19-12-14)20-9-5-8-13-6-3-2-4-7-13/h2-4,6-7,10,12,18H,5,8-9,11H2,1H3. The van der Waals surface area contributed by atoms with Gasteiger partial charge < -0.3 is 10.1 Å². The molecule has 0 saturated heterocycles. The first kappa shape index (κ1) is 14.8. The highest BCUT2D eigenvalue weighted by Gasteiger charge is 2.04. The number of benzene rings is 1. The first-order valence-electron chi connectivity index (χ1n) is 6.75. The van der Waals surface area contributed by atoms with Crippen molar-refractivity contribution in [3.63, 3.8) is 0 Å². The third-order valence-electron chi connectivity index (χ3n) is 2.94. The van der Waals surface area contributed by atoms with Gasteiger partial charge in [-0.05, 0) is 37.1 Å². The summed E-state index contributed by atoms with van der Waals surface area (Å²) in [5.41, 5.74) is 2.37. The van der Waals surface area contributed by atoms with Crippen molar-refractivity contribution in [3.8, 4) is 5.88 Å². The van der Waals surface area contributed by atoms with Crippen LogP contribution in [0.1, 0.15) is 17.5 Å². The summed E-state index contributed by atoms with van der Waals surface area (Å²) in [5.74, 6) is 0.514. The van der Waals surface area contributed by atoms with Crippen LogP contribution in [-0.4, -0.2) is 18.6 Å². The molecule has 0 aliphatic heterocycles. The highest BCUT2D eigenvalue weighted by Crippen LogP contribution is 2.22. The fraction of sp³-hybridized carbons (Fsp3) is 0.312. The number of pyridine rings is 1. The minimum Gasteiger partial charge on any atom is -0.477 e. The number of nitrogens with zero attached hydrogens (tertiary/aromatic N) is 1. The van der Waals surface area contributed by atoms with E-state index in [0.717, 1.165) is 24.9 Å². The van der Waals surface area contributed by atoms with Crippen LogP contribution in [0.15, 0.2) is 42.6 Å². The van der Waals surface area contributed by atoms with Gasteiger partial charge in [-0.3, -0.25) is 0 Å². The lowest BCUT2D eigenvalue weighted by Gasteiger charge is -2.08. The molecule has 0 fully saturated rings. The number of ether oxygens (including phenoxy) is 1. The molecule has 0 atom stereocenters. The second-order valence-electron chi connectivity index (χ2n) is 4.60. The highest BCUT2D eigenvalue weighted by atomic mass is 35.5. The molecule has 1 aromatic carbocycles. The van der Waals surface area contributed by atoms with E-state index in [-0.39, 0.29) is 0 Å². The van der Waals surface area contributed by atoms with E-state index >= 15 is 0 Å². The van der Waals surface area contributed by atoms with Crippen LogP contribution in [0.2, 0.25) is 5.02 Å². The van der Waals surface area contributed by atoms with Crippen LogP contribution in [-0.2, 0) is 13.0 Å². The summed E-state index contributed by atoms with van der Waals surface area (Å²) in [7, 11) is 1.89. The van der Waals surface area contributed by atoms with Gasteiger partial charge >= 0.3 is 0 Å². The Morgan fingerprint density at radius 1 is 1.20 bits per heavy atom. The third kappa shape index (κ3) is 4.51. The van der Waals surface area contributed by atoms with E-state index in [1.54, 1.807) is 6.20 Å². The Morgan fingerprint density at radius 2 is 2.00 bits per heavy atom. The smallest absolute Gasteiger partial charge is 0.232 e. The summed E-state index contributed by atoms with van der Waals surface area (Å²) in [5, 5.41) is 3.63. The van der Waals surface area contributed by atoms with Crippen molar-refractivity contribution < 1.29 is 4.74 Å². The molecule has 0 amide bonds. The summed E-state index contributed by atoms with van der Waals surface area (Å²) in [6.07, 6.45) is 3.73. The van der Waals surface area contributed by atoms with Crippen LogP contribution in [0.25, 0.3) is 0 Å². The van der Waals surface area contributed by atoms with Gasteiger partial charge in [0.1, 0.15) is 5.02 Å². The van der Waals surface area contributed by atoms with E-state index in [1.807, 2.05) is 19.2 Å². The largest absolute Gasteiger partial charge is 0.477 e. The zero-order chi connectivity index (χ0) is 14.2. The molecule has 1 aromatic heterocycles. The van der Waals surface area contributed by atoms with Gasteiger partial charge in [-0.15, -0.1) is 0 Å². The van der Waals surface area contributed by atoms with E-state index in [9.17, 15) is 0 Å². The average Bonchev–Trinajstić information content (AvgIpc) is 2.47. The summed E-state index contributed by atoms with van der Waals surface area (Å²) in [6, 6.07) is 12.3. The van der Waals surface area contributed by atoms with Crippen molar-refractivity contribution in [2.45, 2.75) is 19.4 Å². The summed E-state index contributed by atoms with van der Waals surface area (Å²) in [6.45, 7) is 1.37. The monoisotopic (exact) mass is 290 g/mol. The number of nitrogens with one attached hydrogen (secondary N) is 1. The molecule has 1 N–H and O–H groups in total. The summed E-state index contributed by atoms with van der Waals surface area (Å²) < 4.78 is 5.63. The van der Waals surface area contributed by atoms with Crippen molar-refractivity contribution in [1.82, 2.24) is 10.3 Å². The molecule has 4 heteroatoms. The summed E-state index contributed by atoms with van der Waals surface area (Å²) in [4.78, 5) is 4.25. The Bertz CT molecular complexity index is 531. The number of hydrogen-bond donors (Lipinski definition) is 1. The molecular weight excluding hydrogens is 272 g/mol. The Labute approximate surface area is 124 Å². The van der Waals surface area contributed by atoms with Gasteiger partial charge in [0, 0.05) is 12.7 Å². The first-order valence-corrected chi connectivity index (χ1v) is 7.13. The molecule has 0 bridgehead atoms. The maximum Gasteiger partial charge on any atom is 0.232 e. The Hall–Kier alpha value is -1.58. The Kier molecular flexibility index (Phi) is 5.84. The molecule has 2 aromatic rings. The predicted molar refractivity (Wildman–Crippen MR) is 82.3 cm³/mol. The quantitative estimate of drug-likeness (QED) is 0.793. The van der Waals surface area contributed by atoms with Crippen LogP contribution < -0.4 is 10.1 Å². The lowest BCUT2D eigenvalue weighted by molar-refractivity contribution is 0.299. The lowest BCUT2D eigenvalue weighted by atomic mass is 10.1. The van der Waals surface area contributed by atoms with Crippen LogP contribution in [0.4, 0.5) is 0 Å². The Balaban J connectivity index is 1.79. The number of aryl methyl sites for hydroxylation is 1. The maximum atomic E-state index is 6.15. The molecule has 106 valence electrons. The molecule has 0 aliphatic carbocycles. The molecule has 0 radical (unpaired) electrons. The van der Waals surface area contributed by atoms with Crippen molar-refractivity contribution in [2.24, 2.45) is 0 Å². The number of aromatic nitrogens is 1. The van der Waals surface area contributed by atoms with E-state index in [2.05, 4.69) is 34.6 Å². The van der Waals surface area contributed by atoms with Gasteiger partial charge in [0.25, 0.3) is 0 Å². The summed E-state index contributed by atoms with van der Waals surface area (Å²) >= 11 is 6.15. The zero-order valence-corrected chi connectivity index (χ0v) is 12.4. The van der Waals surface area contributed by atoms with E-state index in [1.165, 1.54) is 5.56 Å². The highest BCUT2D eigenvalue weighted by molar-refractivity contribution is 6.31. The molecule has 2 rings (SSSR count). The molecule has 0 unspecified atom stereocenters. The fourth-order valence-electron chi connectivity index (χ4n) is 1.96. The van der Waals surface area contributed by atoms with E-state index in [0.29, 0.717) is 17.5 Å². The minimum atomic E-state index is 0.514. The second kappa shape index (κ2) is 7.88. The molecule has 0 spiro atoms. The van der Waals surface area contributed by atoms with Crippen molar-refractivity contribution in [3.05, 3.63) is 58.7 Å². The minimum absolute atomic E-state index is 0.514. The molecule has 20 heavy (non-hydrogen) atoms. The van der Waals surface area contributed by atoms with Crippen LogP contribution >= 0.6 is 11.6 Å². The third-order valence-corrected chi connectivity index (χ3v) is 3.21. The maximum absolute atomic E-state index is 6.15. The molecular formula is C16H19ClN2O. The van der Waals surface area contributed by atoms with Gasteiger partial charge in [-0.2, -0.15) is 0 Å². The molecule has 0 saturated carbocycles. The first-order chi connectivity index (χ1) is 9.79. The van der Waals surface area contributed by atoms with Crippen LogP contribution in [0.3, 0.4) is 0 Å². The van der Waals surface area contributed by atoms with E-state index in [4.69, 9.17) is 16.3 Å². The topological polar surface area (TPSA) is 34.2 Å². The second-order valence-corrected chi connectivity index (χ2v) is 5.01. The predicted octanol–water partition coefficient (Wildman–Crippen LogP) is 3.47. The van der Waals surface area contributed by atoms with Crippen molar-refractivity contribution in [1.29, 1.82) is 0 Å². The van der Waals surface area contributed by atoms with Crippen LogP contribution in [0, 0.1) is 0 Å². The average molecular weight is 291 g/mol. The number of hydrogen-bond acceptors (Lipinski definition) is 3. The lowest BCUT2D eigenvalue weighted by Crippen LogP contribution is -2.06. The van der Waals surface area contributed by atoms with Crippen LogP contribution in [0.5, 0.6) is 5.88 Å². The SMILES string of the molecule is CNCc1cnc(OCCCc2ccccc2)c(Cl)c1. The van der Waals surface area contributed by atoms with Gasteiger partial charge in [-0.1, -0.05) is 41.9 Å². The molecule has 3 nitrogen and oxygen atoms in total. The normalized spacial score (nSPS) is 10.5. The number of halogens is 1.